The summed E-state index contributed by atoms with van der Waals surface area (Å²) in [7, 11) is 1.59. The first kappa shape index (κ1) is 16.2. The van der Waals surface area contributed by atoms with Gasteiger partial charge in [-0.1, -0.05) is 18.2 Å². The van der Waals surface area contributed by atoms with Crippen LogP contribution in [0.15, 0.2) is 53.4 Å². The maximum Gasteiger partial charge on any atom is 0.265 e. The molecule has 2 aromatic rings. The van der Waals surface area contributed by atoms with Gasteiger partial charge in [-0.25, -0.2) is 0 Å². The second kappa shape index (κ2) is 7.75. The Balaban J connectivity index is 2.02. The van der Waals surface area contributed by atoms with Crippen LogP contribution in [0.4, 0.5) is 5.69 Å². The van der Waals surface area contributed by atoms with Crippen molar-refractivity contribution in [2.45, 2.75) is 17.9 Å². The molecule has 0 unspecified atom stereocenters. The molecule has 22 heavy (non-hydrogen) atoms. The highest BCUT2D eigenvalue weighted by Crippen LogP contribution is 2.25. The Hall–Kier alpha value is -2.14. The average molecular weight is 317 g/mol. The number of carbonyl (C=O) groups excluding carboxylic acids is 1. The van der Waals surface area contributed by atoms with Gasteiger partial charge in [0.25, 0.3) is 5.91 Å². The Morgan fingerprint density at radius 3 is 2.59 bits per heavy atom. The smallest absolute Gasteiger partial charge is 0.265 e. The number of hydrogen-bond acceptors (Lipinski definition) is 4. The highest BCUT2D eigenvalue weighted by Gasteiger charge is 2.16. The quantitative estimate of drug-likeness (QED) is 0.823. The Bertz CT molecular complexity index is 645. The van der Waals surface area contributed by atoms with Crippen molar-refractivity contribution in [3.05, 3.63) is 48.5 Å². The molecule has 1 amide bonds. The van der Waals surface area contributed by atoms with E-state index in [1.165, 1.54) is 0 Å². The van der Waals surface area contributed by atoms with Crippen LogP contribution in [-0.4, -0.2) is 25.4 Å². The number of carbonyl (C=O) groups is 1. The number of thioether (sulfide) groups is 1. The summed E-state index contributed by atoms with van der Waals surface area (Å²) in [4.78, 5) is 13.3. The third-order valence-corrected chi connectivity index (χ3v) is 3.88. The molecular formula is C17H19NO3S. The third-order valence-electron chi connectivity index (χ3n) is 3.09. The Morgan fingerprint density at radius 1 is 1.14 bits per heavy atom. The first-order valence-electron chi connectivity index (χ1n) is 6.88. The van der Waals surface area contributed by atoms with Gasteiger partial charge in [0.1, 0.15) is 11.5 Å². The number of ether oxygens (including phenoxy) is 2. The average Bonchev–Trinajstić information content (AvgIpc) is 2.55. The zero-order valence-corrected chi connectivity index (χ0v) is 13.6. The van der Waals surface area contributed by atoms with Crippen molar-refractivity contribution in [1.29, 1.82) is 0 Å². The second-order valence-corrected chi connectivity index (χ2v) is 5.48. The van der Waals surface area contributed by atoms with Crippen LogP contribution in [0.25, 0.3) is 0 Å². The lowest BCUT2D eigenvalue weighted by Crippen LogP contribution is -2.30. The zero-order valence-electron chi connectivity index (χ0n) is 12.8. The lowest BCUT2D eigenvalue weighted by molar-refractivity contribution is -0.122. The van der Waals surface area contributed by atoms with Gasteiger partial charge in [-0.15, -0.1) is 11.8 Å². The summed E-state index contributed by atoms with van der Waals surface area (Å²) >= 11 is 1.59. The molecule has 2 aromatic carbocycles. The predicted molar refractivity (Wildman–Crippen MR) is 89.9 cm³/mol. The largest absolute Gasteiger partial charge is 0.497 e. The maximum absolute atomic E-state index is 12.3. The van der Waals surface area contributed by atoms with Crippen molar-refractivity contribution in [2.75, 3.05) is 18.7 Å². The Kier molecular flexibility index (Phi) is 5.72. The van der Waals surface area contributed by atoms with Gasteiger partial charge in [0.05, 0.1) is 12.8 Å². The van der Waals surface area contributed by atoms with Crippen LogP contribution >= 0.6 is 11.8 Å². The molecule has 0 aliphatic carbocycles. The van der Waals surface area contributed by atoms with Crippen LogP contribution in [0.1, 0.15) is 6.92 Å². The molecule has 1 N–H and O–H groups in total. The zero-order chi connectivity index (χ0) is 15.9. The molecule has 5 heteroatoms. The molecule has 0 bridgehead atoms. The number of nitrogens with one attached hydrogen (secondary N) is 1. The minimum Gasteiger partial charge on any atom is -0.497 e. The van der Waals surface area contributed by atoms with Crippen molar-refractivity contribution in [3.63, 3.8) is 0 Å². The van der Waals surface area contributed by atoms with Crippen molar-refractivity contribution in [3.8, 4) is 11.5 Å². The molecule has 0 spiro atoms. The number of benzene rings is 2. The summed E-state index contributed by atoms with van der Waals surface area (Å²) < 4.78 is 10.8. The fraction of sp³-hybridized carbons (Fsp3) is 0.235. The van der Waals surface area contributed by atoms with E-state index in [0.717, 1.165) is 10.6 Å². The standard InChI is InChI=1S/C17H19NO3S/c1-12(21-14-8-6-7-13(11-14)20-2)17(19)18-15-9-4-5-10-16(15)22-3/h4-12H,1-3H3,(H,18,19)/t12-/m0/s1. The number of methoxy groups -OCH3 is 1. The molecule has 0 heterocycles. The Labute approximate surface area is 134 Å². The van der Waals surface area contributed by atoms with E-state index in [-0.39, 0.29) is 5.91 Å². The van der Waals surface area contributed by atoms with Crippen molar-refractivity contribution < 1.29 is 14.3 Å². The SMILES string of the molecule is COc1cccc(O[C@@H](C)C(=O)Nc2ccccc2SC)c1. The topological polar surface area (TPSA) is 47.6 Å². The summed E-state index contributed by atoms with van der Waals surface area (Å²) in [5.74, 6) is 1.10. The first-order chi connectivity index (χ1) is 10.6. The molecule has 0 aliphatic heterocycles. The van der Waals surface area contributed by atoms with Gasteiger partial charge in [0.15, 0.2) is 6.10 Å². The Morgan fingerprint density at radius 2 is 1.86 bits per heavy atom. The minimum atomic E-state index is -0.609. The molecule has 0 aromatic heterocycles. The normalized spacial score (nSPS) is 11.6. The van der Waals surface area contributed by atoms with E-state index in [2.05, 4.69) is 5.32 Å². The van der Waals surface area contributed by atoms with Crippen LogP contribution in [-0.2, 0) is 4.79 Å². The lowest BCUT2D eigenvalue weighted by Gasteiger charge is -2.16. The number of hydrogen-bond donors (Lipinski definition) is 1. The molecule has 4 nitrogen and oxygen atoms in total. The van der Waals surface area contributed by atoms with Crippen LogP contribution in [0, 0.1) is 0 Å². The van der Waals surface area contributed by atoms with Gasteiger partial charge in [-0.3, -0.25) is 4.79 Å². The first-order valence-corrected chi connectivity index (χ1v) is 8.11. The van der Waals surface area contributed by atoms with E-state index in [9.17, 15) is 4.79 Å². The van der Waals surface area contributed by atoms with E-state index in [1.807, 2.05) is 42.7 Å². The fourth-order valence-corrected chi connectivity index (χ4v) is 2.47. The summed E-state index contributed by atoms with van der Waals surface area (Å²) in [6.45, 7) is 1.72. The van der Waals surface area contributed by atoms with Crippen LogP contribution < -0.4 is 14.8 Å². The molecular weight excluding hydrogens is 298 g/mol. The summed E-state index contributed by atoms with van der Waals surface area (Å²) in [5.41, 5.74) is 0.793. The van der Waals surface area contributed by atoms with Gasteiger partial charge in [0, 0.05) is 11.0 Å². The summed E-state index contributed by atoms with van der Waals surface area (Å²) in [5, 5.41) is 2.89. The van der Waals surface area contributed by atoms with Crippen LogP contribution in [0.2, 0.25) is 0 Å². The van der Waals surface area contributed by atoms with E-state index < -0.39 is 6.10 Å². The highest BCUT2D eigenvalue weighted by molar-refractivity contribution is 7.98. The van der Waals surface area contributed by atoms with Crippen LogP contribution in [0.3, 0.4) is 0 Å². The van der Waals surface area contributed by atoms with Gasteiger partial charge < -0.3 is 14.8 Å². The summed E-state index contributed by atoms with van der Waals surface area (Å²) in [6, 6.07) is 14.9. The van der Waals surface area contributed by atoms with E-state index in [4.69, 9.17) is 9.47 Å². The van der Waals surface area contributed by atoms with E-state index in [0.29, 0.717) is 11.5 Å². The maximum atomic E-state index is 12.3. The second-order valence-electron chi connectivity index (χ2n) is 4.63. The van der Waals surface area contributed by atoms with Crippen LogP contribution in [0.5, 0.6) is 11.5 Å². The monoisotopic (exact) mass is 317 g/mol. The molecule has 0 saturated heterocycles. The van der Waals surface area contributed by atoms with Gasteiger partial charge in [-0.05, 0) is 37.4 Å². The number of rotatable bonds is 6. The fourth-order valence-electron chi connectivity index (χ4n) is 1.91. The molecule has 2 rings (SSSR count). The molecule has 0 fully saturated rings. The minimum absolute atomic E-state index is 0.190. The van der Waals surface area contributed by atoms with E-state index in [1.54, 1.807) is 37.9 Å². The van der Waals surface area contributed by atoms with Crippen molar-refractivity contribution in [2.24, 2.45) is 0 Å². The third kappa shape index (κ3) is 4.18. The number of para-hydroxylation sites is 1. The molecule has 0 radical (unpaired) electrons. The van der Waals surface area contributed by atoms with Gasteiger partial charge in [-0.2, -0.15) is 0 Å². The lowest BCUT2D eigenvalue weighted by atomic mass is 10.3. The molecule has 0 aliphatic rings. The van der Waals surface area contributed by atoms with Gasteiger partial charge in [0.2, 0.25) is 0 Å². The number of amides is 1. The highest BCUT2D eigenvalue weighted by atomic mass is 32.2. The predicted octanol–water partition coefficient (Wildman–Crippen LogP) is 3.82. The van der Waals surface area contributed by atoms with Gasteiger partial charge >= 0.3 is 0 Å². The molecule has 116 valence electrons. The molecule has 0 saturated carbocycles. The summed E-state index contributed by atoms with van der Waals surface area (Å²) in [6.07, 6.45) is 1.36. The van der Waals surface area contributed by atoms with E-state index >= 15 is 0 Å². The van der Waals surface area contributed by atoms with Crippen molar-refractivity contribution >= 4 is 23.4 Å². The number of anilines is 1. The van der Waals surface area contributed by atoms with Crippen molar-refractivity contribution in [1.82, 2.24) is 0 Å². The molecule has 1 atom stereocenters.